The van der Waals surface area contributed by atoms with Crippen LogP contribution in [-0.2, 0) is 6.54 Å². The van der Waals surface area contributed by atoms with Gasteiger partial charge in [-0.15, -0.1) is 0 Å². The van der Waals surface area contributed by atoms with E-state index in [0.717, 1.165) is 5.69 Å². The summed E-state index contributed by atoms with van der Waals surface area (Å²) in [5.41, 5.74) is 6.96. The van der Waals surface area contributed by atoms with E-state index in [-0.39, 0.29) is 5.82 Å². The first-order valence-corrected chi connectivity index (χ1v) is 4.55. The van der Waals surface area contributed by atoms with Gasteiger partial charge < -0.3 is 5.73 Å². The third-order valence-electron chi connectivity index (χ3n) is 2.31. The van der Waals surface area contributed by atoms with Gasteiger partial charge in [-0.2, -0.15) is 5.10 Å². The van der Waals surface area contributed by atoms with Crippen molar-refractivity contribution in [1.82, 2.24) is 9.78 Å². The largest absolute Gasteiger partial charge is 0.329 e. The molecule has 2 aromatic rings. The fourth-order valence-corrected chi connectivity index (χ4v) is 1.63. The summed E-state index contributed by atoms with van der Waals surface area (Å²) in [4.78, 5) is 0. The molecule has 0 aliphatic rings. The van der Waals surface area contributed by atoms with Crippen LogP contribution in [0.4, 0.5) is 4.39 Å². The van der Waals surface area contributed by atoms with Crippen molar-refractivity contribution in [3.05, 3.63) is 29.7 Å². The number of aromatic nitrogens is 2. The molecule has 1 aromatic heterocycles. The predicted molar refractivity (Wildman–Crippen MR) is 53.5 cm³/mol. The van der Waals surface area contributed by atoms with Crippen molar-refractivity contribution in [3.63, 3.8) is 0 Å². The second-order valence-electron chi connectivity index (χ2n) is 3.23. The van der Waals surface area contributed by atoms with Crippen LogP contribution in [0.1, 0.15) is 5.69 Å². The highest BCUT2D eigenvalue weighted by atomic mass is 19.1. The van der Waals surface area contributed by atoms with Gasteiger partial charge in [0, 0.05) is 12.2 Å². The van der Waals surface area contributed by atoms with Gasteiger partial charge in [0.25, 0.3) is 0 Å². The van der Waals surface area contributed by atoms with Crippen LogP contribution in [0.5, 0.6) is 0 Å². The Balaban J connectivity index is 2.68. The minimum atomic E-state index is -0.219. The highest BCUT2D eigenvalue weighted by Crippen LogP contribution is 2.20. The summed E-state index contributed by atoms with van der Waals surface area (Å²) in [6.07, 6.45) is 0. The van der Waals surface area contributed by atoms with Crippen molar-refractivity contribution in [1.29, 1.82) is 0 Å². The van der Waals surface area contributed by atoms with E-state index >= 15 is 0 Å². The fourth-order valence-electron chi connectivity index (χ4n) is 1.63. The fraction of sp³-hybridized carbons (Fsp3) is 0.300. The van der Waals surface area contributed by atoms with Crippen molar-refractivity contribution in [2.45, 2.75) is 13.5 Å². The zero-order valence-electron chi connectivity index (χ0n) is 8.00. The molecule has 0 unspecified atom stereocenters. The van der Waals surface area contributed by atoms with Gasteiger partial charge in [-0.05, 0) is 19.1 Å². The van der Waals surface area contributed by atoms with Crippen LogP contribution in [-0.4, -0.2) is 16.3 Å². The molecule has 0 bridgehead atoms. The minimum Gasteiger partial charge on any atom is -0.329 e. The van der Waals surface area contributed by atoms with E-state index in [1.165, 1.54) is 6.07 Å². The maximum atomic E-state index is 13.4. The highest BCUT2D eigenvalue weighted by Gasteiger charge is 2.09. The Labute approximate surface area is 81.3 Å². The summed E-state index contributed by atoms with van der Waals surface area (Å²) in [5, 5.41) is 4.86. The third-order valence-corrected chi connectivity index (χ3v) is 2.31. The molecule has 2 N–H and O–H groups in total. The summed E-state index contributed by atoms with van der Waals surface area (Å²) in [5.74, 6) is -0.219. The zero-order chi connectivity index (χ0) is 10.1. The normalized spacial score (nSPS) is 11.1. The first kappa shape index (κ1) is 9.15. The Morgan fingerprint density at radius 3 is 2.93 bits per heavy atom. The Morgan fingerprint density at radius 2 is 2.29 bits per heavy atom. The number of nitrogens with two attached hydrogens (primary N) is 1. The van der Waals surface area contributed by atoms with E-state index in [0.29, 0.717) is 24.0 Å². The van der Waals surface area contributed by atoms with E-state index in [1.807, 2.05) is 6.92 Å². The van der Waals surface area contributed by atoms with Crippen molar-refractivity contribution in [2.75, 3.05) is 6.54 Å². The molecule has 0 aliphatic carbocycles. The first-order valence-electron chi connectivity index (χ1n) is 4.55. The molecule has 1 heterocycles. The van der Waals surface area contributed by atoms with Gasteiger partial charge >= 0.3 is 0 Å². The van der Waals surface area contributed by atoms with Crippen LogP contribution in [0.25, 0.3) is 10.9 Å². The number of nitrogens with zero attached hydrogens (tertiary/aromatic N) is 2. The summed E-state index contributed by atoms with van der Waals surface area (Å²) >= 11 is 0. The predicted octanol–water partition coefficient (Wildman–Crippen LogP) is 1.44. The van der Waals surface area contributed by atoms with Gasteiger partial charge in [-0.3, -0.25) is 4.68 Å². The molecule has 0 atom stereocenters. The molecule has 0 saturated carbocycles. The molecule has 0 saturated heterocycles. The molecule has 0 aliphatic heterocycles. The maximum Gasteiger partial charge on any atom is 0.134 e. The molecule has 14 heavy (non-hydrogen) atoms. The molecular weight excluding hydrogens is 181 g/mol. The minimum absolute atomic E-state index is 0.219. The van der Waals surface area contributed by atoms with E-state index < -0.39 is 0 Å². The van der Waals surface area contributed by atoms with E-state index in [1.54, 1.807) is 16.8 Å². The molecule has 4 heteroatoms. The van der Waals surface area contributed by atoms with Crippen LogP contribution in [0.2, 0.25) is 0 Å². The molecular formula is C10H12FN3. The molecule has 1 aromatic carbocycles. The Hall–Kier alpha value is -1.42. The Bertz CT molecular complexity index is 462. The summed E-state index contributed by atoms with van der Waals surface area (Å²) in [7, 11) is 0. The van der Waals surface area contributed by atoms with Crippen molar-refractivity contribution < 1.29 is 4.39 Å². The zero-order valence-corrected chi connectivity index (χ0v) is 8.00. The number of hydrogen-bond donors (Lipinski definition) is 1. The molecule has 0 spiro atoms. The lowest BCUT2D eigenvalue weighted by molar-refractivity contribution is 0.611. The van der Waals surface area contributed by atoms with Gasteiger partial charge in [0.05, 0.1) is 17.4 Å². The lowest BCUT2D eigenvalue weighted by atomic mass is 10.2. The van der Waals surface area contributed by atoms with Crippen LogP contribution in [0, 0.1) is 12.7 Å². The first-order chi connectivity index (χ1) is 6.74. The summed E-state index contributed by atoms with van der Waals surface area (Å²) in [6.45, 7) is 2.99. The molecule has 3 nitrogen and oxygen atoms in total. The number of fused-ring (bicyclic) bond motifs is 1. The Morgan fingerprint density at radius 1 is 1.50 bits per heavy atom. The van der Waals surface area contributed by atoms with Gasteiger partial charge in [0.15, 0.2) is 0 Å². The SMILES string of the molecule is Cc1c2c(F)cccc2nn1CCN. The second kappa shape index (κ2) is 3.38. The standard InChI is InChI=1S/C10H12FN3/c1-7-10-8(11)3-2-4-9(10)13-14(7)6-5-12/h2-4H,5-6,12H2,1H3. The quantitative estimate of drug-likeness (QED) is 0.784. The Kier molecular flexibility index (Phi) is 2.21. The van der Waals surface area contributed by atoms with Gasteiger partial charge in [0.2, 0.25) is 0 Å². The van der Waals surface area contributed by atoms with E-state index in [4.69, 9.17) is 5.73 Å². The summed E-state index contributed by atoms with van der Waals surface area (Å²) in [6, 6.07) is 4.92. The maximum absolute atomic E-state index is 13.4. The van der Waals surface area contributed by atoms with Crippen molar-refractivity contribution in [3.8, 4) is 0 Å². The lowest BCUT2D eigenvalue weighted by Crippen LogP contribution is -2.12. The topological polar surface area (TPSA) is 43.8 Å². The number of rotatable bonds is 2. The number of halogens is 1. The molecule has 0 radical (unpaired) electrons. The van der Waals surface area contributed by atoms with Crippen molar-refractivity contribution >= 4 is 10.9 Å². The van der Waals surface area contributed by atoms with E-state index in [2.05, 4.69) is 5.10 Å². The highest BCUT2D eigenvalue weighted by molar-refractivity contribution is 5.81. The molecule has 74 valence electrons. The molecule has 0 fully saturated rings. The number of hydrogen-bond acceptors (Lipinski definition) is 2. The van der Waals surface area contributed by atoms with Crippen LogP contribution in [0.15, 0.2) is 18.2 Å². The lowest BCUT2D eigenvalue weighted by Gasteiger charge is -1.99. The summed E-state index contributed by atoms with van der Waals surface area (Å²) < 4.78 is 15.2. The second-order valence-corrected chi connectivity index (χ2v) is 3.23. The number of benzene rings is 1. The van der Waals surface area contributed by atoms with Crippen molar-refractivity contribution in [2.24, 2.45) is 5.73 Å². The van der Waals surface area contributed by atoms with Gasteiger partial charge in [-0.25, -0.2) is 4.39 Å². The number of aryl methyl sites for hydroxylation is 1. The van der Waals surface area contributed by atoms with Crippen LogP contribution >= 0.6 is 0 Å². The average molecular weight is 193 g/mol. The van der Waals surface area contributed by atoms with Gasteiger partial charge in [-0.1, -0.05) is 6.07 Å². The smallest absolute Gasteiger partial charge is 0.134 e. The third kappa shape index (κ3) is 1.28. The molecule has 2 rings (SSSR count). The van der Waals surface area contributed by atoms with E-state index in [9.17, 15) is 4.39 Å². The average Bonchev–Trinajstić information content (AvgIpc) is 2.46. The monoisotopic (exact) mass is 193 g/mol. The van der Waals surface area contributed by atoms with Crippen LogP contribution < -0.4 is 5.73 Å². The molecule has 0 amide bonds. The van der Waals surface area contributed by atoms with Crippen LogP contribution in [0.3, 0.4) is 0 Å². The van der Waals surface area contributed by atoms with Gasteiger partial charge in [0.1, 0.15) is 5.82 Å².